The Hall–Kier alpha value is -0.920. The summed E-state index contributed by atoms with van der Waals surface area (Å²) in [5.74, 6) is 6.50. The molecule has 2 heteroatoms. The summed E-state index contributed by atoms with van der Waals surface area (Å²) >= 11 is 0. The number of hydrogen-bond acceptors (Lipinski definition) is 2. The van der Waals surface area contributed by atoms with Crippen molar-refractivity contribution in [3.05, 3.63) is 23.8 Å². The molecule has 1 aromatic rings. The summed E-state index contributed by atoms with van der Waals surface area (Å²) in [6, 6.07) is 0. The van der Waals surface area contributed by atoms with Gasteiger partial charge < -0.3 is 0 Å². The first kappa shape index (κ1) is 23.2. The second kappa shape index (κ2) is 11.8. The van der Waals surface area contributed by atoms with E-state index in [9.17, 15) is 0 Å². The van der Waals surface area contributed by atoms with Crippen molar-refractivity contribution in [1.82, 2.24) is 9.97 Å². The minimum atomic E-state index is 0.616. The highest BCUT2D eigenvalue weighted by Gasteiger charge is 2.31. The molecule has 0 aliphatic heterocycles. The Labute approximate surface area is 192 Å². The zero-order valence-corrected chi connectivity index (χ0v) is 20.5. The van der Waals surface area contributed by atoms with Gasteiger partial charge in [0.25, 0.3) is 0 Å². The Balaban J connectivity index is 1.21. The summed E-state index contributed by atoms with van der Waals surface area (Å²) in [6.45, 7) is 4.66. The monoisotopic (exact) mass is 424 g/mol. The van der Waals surface area contributed by atoms with Gasteiger partial charge in [0.1, 0.15) is 5.82 Å². The van der Waals surface area contributed by atoms with Crippen LogP contribution in [0.5, 0.6) is 0 Å². The number of rotatable bonds is 8. The minimum Gasteiger partial charge on any atom is -0.241 e. The van der Waals surface area contributed by atoms with Gasteiger partial charge in [0.2, 0.25) is 0 Å². The number of hydrogen-bond donors (Lipinski definition) is 0. The number of unbranched alkanes of at least 4 members (excludes halogenated alkanes) is 1. The van der Waals surface area contributed by atoms with Gasteiger partial charge in [-0.3, -0.25) is 0 Å². The molecule has 1 aromatic heterocycles. The van der Waals surface area contributed by atoms with Crippen LogP contribution in [0.4, 0.5) is 0 Å². The second-order valence-electron chi connectivity index (χ2n) is 11.4. The van der Waals surface area contributed by atoms with E-state index >= 15 is 0 Å². The van der Waals surface area contributed by atoms with E-state index in [-0.39, 0.29) is 0 Å². The molecule has 3 fully saturated rings. The van der Waals surface area contributed by atoms with Gasteiger partial charge >= 0.3 is 0 Å². The fourth-order valence-electron chi connectivity index (χ4n) is 7.25. The van der Waals surface area contributed by atoms with Crippen LogP contribution in [0.3, 0.4) is 0 Å². The maximum atomic E-state index is 4.89. The van der Waals surface area contributed by atoms with E-state index in [0.717, 1.165) is 29.5 Å². The molecule has 0 N–H and O–H groups in total. The summed E-state index contributed by atoms with van der Waals surface area (Å²) in [7, 11) is 0. The second-order valence-corrected chi connectivity index (χ2v) is 11.4. The largest absolute Gasteiger partial charge is 0.241 e. The van der Waals surface area contributed by atoms with E-state index in [0.29, 0.717) is 11.8 Å². The number of nitrogens with zero attached hydrogens (tertiary/aromatic N) is 2. The quantitative estimate of drug-likeness (QED) is 0.416. The van der Waals surface area contributed by atoms with E-state index in [2.05, 4.69) is 26.2 Å². The van der Waals surface area contributed by atoms with E-state index in [1.807, 2.05) is 0 Å². The van der Waals surface area contributed by atoms with Crippen LogP contribution in [0, 0.1) is 23.7 Å². The zero-order valence-electron chi connectivity index (χ0n) is 20.5. The average Bonchev–Trinajstić information content (AvgIpc) is 2.84. The normalized spacial score (nSPS) is 34.5. The van der Waals surface area contributed by atoms with Crippen molar-refractivity contribution in [1.29, 1.82) is 0 Å². The summed E-state index contributed by atoms with van der Waals surface area (Å²) in [4.78, 5) is 9.78. The molecule has 4 rings (SSSR count). The topological polar surface area (TPSA) is 25.8 Å². The first-order valence-electron chi connectivity index (χ1n) is 14.1. The zero-order chi connectivity index (χ0) is 21.5. The molecule has 0 unspecified atom stereocenters. The van der Waals surface area contributed by atoms with Gasteiger partial charge in [-0.05, 0) is 99.4 Å². The summed E-state index contributed by atoms with van der Waals surface area (Å²) in [5.41, 5.74) is 1.42. The van der Waals surface area contributed by atoms with Gasteiger partial charge in [-0.15, -0.1) is 0 Å². The Morgan fingerprint density at radius 3 is 1.71 bits per heavy atom. The predicted octanol–water partition coefficient (Wildman–Crippen LogP) is 8.82. The fraction of sp³-hybridized carbons (Fsp3) is 0.862. The van der Waals surface area contributed by atoms with Gasteiger partial charge in [0.15, 0.2) is 0 Å². The van der Waals surface area contributed by atoms with Gasteiger partial charge in [-0.2, -0.15) is 0 Å². The lowest BCUT2D eigenvalue weighted by molar-refractivity contribution is 0.156. The summed E-state index contributed by atoms with van der Waals surface area (Å²) < 4.78 is 0. The SMILES string of the molecule is CCCC[C@H]1CC[C@H](c2ncc([C@H]3CC[C@H]([C@H]4CC[C@H](CCC)CC4)CC3)cn2)CC1. The number of aromatic nitrogens is 2. The molecule has 174 valence electrons. The lowest BCUT2D eigenvalue weighted by Crippen LogP contribution is -2.25. The van der Waals surface area contributed by atoms with Gasteiger partial charge in [-0.25, -0.2) is 9.97 Å². The maximum absolute atomic E-state index is 4.89. The molecule has 3 saturated carbocycles. The van der Waals surface area contributed by atoms with Crippen LogP contribution in [-0.4, -0.2) is 9.97 Å². The third-order valence-electron chi connectivity index (χ3n) is 9.37. The molecule has 31 heavy (non-hydrogen) atoms. The van der Waals surface area contributed by atoms with E-state index in [1.54, 1.807) is 0 Å². The molecule has 0 atom stereocenters. The van der Waals surface area contributed by atoms with Crippen LogP contribution in [-0.2, 0) is 0 Å². The van der Waals surface area contributed by atoms with Crippen molar-refractivity contribution in [3.8, 4) is 0 Å². The first-order valence-corrected chi connectivity index (χ1v) is 14.1. The van der Waals surface area contributed by atoms with Crippen LogP contribution in [0.2, 0.25) is 0 Å². The standard InChI is InChI=1S/C29H48N2/c1-3-5-7-23-10-14-27(15-11-23)29-30-20-28(21-31-29)26-18-16-25(17-19-26)24-12-8-22(6-4-2)9-13-24/h20-27H,3-19H2,1-2H3/t22-,23-,24-,25-,26-,27-. The van der Waals surface area contributed by atoms with Gasteiger partial charge in [0.05, 0.1) is 0 Å². The third kappa shape index (κ3) is 6.32. The van der Waals surface area contributed by atoms with Gasteiger partial charge in [-0.1, -0.05) is 58.8 Å². The highest BCUT2D eigenvalue weighted by molar-refractivity contribution is 5.14. The highest BCUT2D eigenvalue weighted by Crippen LogP contribution is 2.44. The molecule has 0 radical (unpaired) electrons. The van der Waals surface area contributed by atoms with Crippen molar-refractivity contribution in [2.24, 2.45) is 23.7 Å². The van der Waals surface area contributed by atoms with Crippen LogP contribution in [0.15, 0.2) is 12.4 Å². The van der Waals surface area contributed by atoms with Crippen molar-refractivity contribution in [2.45, 2.75) is 135 Å². The summed E-state index contributed by atoms with van der Waals surface area (Å²) in [5, 5.41) is 0. The molecular weight excluding hydrogens is 376 g/mol. The molecule has 3 aliphatic carbocycles. The highest BCUT2D eigenvalue weighted by atomic mass is 14.9. The van der Waals surface area contributed by atoms with E-state index < -0.39 is 0 Å². The predicted molar refractivity (Wildman–Crippen MR) is 131 cm³/mol. The van der Waals surface area contributed by atoms with Crippen LogP contribution >= 0.6 is 0 Å². The Morgan fingerprint density at radius 2 is 1.13 bits per heavy atom. The minimum absolute atomic E-state index is 0.616. The fourth-order valence-corrected chi connectivity index (χ4v) is 7.25. The third-order valence-corrected chi connectivity index (χ3v) is 9.37. The average molecular weight is 425 g/mol. The molecule has 0 amide bonds. The van der Waals surface area contributed by atoms with Crippen molar-refractivity contribution >= 4 is 0 Å². The summed E-state index contributed by atoms with van der Waals surface area (Å²) in [6.07, 6.45) is 28.5. The molecular formula is C29H48N2. The molecule has 0 bridgehead atoms. The Bertz CT molecular complexity index is 615. The maximum Gasteiger partial charge on any atom is 0.131 e. The van der Waals surface area contributed by atoms with E-state index in [4.69, 9.17) is 9.97 Å². The van der Waals surface area contributed by atoms with Crippen molar-refractivity contribution in [2.75, 3.05) is 0 Å². The molecule has 0 saturated heterocycles. The van der Waals surface area contributed by atoms with Crippen LogP contribution < -0.4 is 0 Å². The molecule has 0 aromatic carbocycles. The van der Waals surface area contributed by atoms with Crippen LogP contribution in [0.1, 0.15) is 146 Å². The first-order chi connectivity index (χ1) is 15.3. The smallest absolute Gasteiger partial charge is 0.131 e. The lowest BCUT2D eigenvalue weighted by Gasteiger charge is -2.38. The molecule has 0 spiro atoms. The molecule has 3 aliphatic rings. The van der Waals surface area contributed by atoms with E-state index in [1.165, 1.54) is 115 Å². The van der Waals surface area contributed by atoms with Crippen LogP contribution in [0.25, 0.3) is 0 Å². The molecule has 2 nitrogen and oxygen atoms in total. The van der Waals surface area contributed by atoms with Crippen molar-refractivity contribution in [3.63, 3.8) is 0 Å². The van der Waals surface area contributed by atoms with Gasteiger partial charge in [0, 0.05) is 18.3 Å². The Kier molecular flexibility index (Phi) is 8.85. The lowest BCUT2D eigenvalue weighted by atomic mass is 9.68. The van der Waals surface area contributed by atoms with Crippen molar-refractivity contribution < 1.29 is 0 Å². The molecule has 1 heterocycles. The Morgan fingerprint density at radius 1 is 0.613 bits per heavy atom.